The fourth-order valence-corrected chi connectivity index (χ4v) is 3.52. The fraction of sp³-hybridized carbons (Fsp3) is 0.529. The molecule has 1 fully saturated rings. The standard InChI is InChI=1S/C17H22N4O2/c22-17-5-1-7-20(17)11-15-16-12-19(10-14-4-2-9-23-14)6-3-8-21(16)13-18-15/h2,4,9,13H,1,3,5-8,10-12H2. The first-order valence-corrected chi connectivity index (χ1v) is 8.35. The lowest BCUT2D eigenvalue weighted by Crippen LogP contribution is -2.26. The highest BCUT2D eigenvalue weighted by atomic mass is 16.3. The van der Waals surface area contributed by atoms with Crippen molar-refractivity contribution in [3.05, 3.63) is 41.9 Å². The number of amides is 1. The lowest BCUT2D eigenvalue weighted by Gasteiger charge is -2.20. The van der Waals surface area contributed by atoms with Crippen LogP contribution in [-0.2, 0) is 31.0 Å². The summed E-state index contributed by atoms with van der Waals surface area (Å²) in [6, 6.07) is 3.95. The third-order valence-electron chi connectivity index (χ3n) is 4.75. The molecule has 0 atom stereocenters. The molecule has 4 heterocycles. The molecule has 4 rings (SSSR count). The van der Waals surface area contributed by atoms with Crippen molar-refractivity contribution in [2.45, 2.75) is 45.4 Å². The molecule has 0 radical (unpaired) electrons. The molecule has 1 saturated heterocycles. The number of aryl methyl sites for hydroxylation is 1. The van der Waals surface area contributed by atoms with E-state index < -0.39 is 0 Å². The van der Waals surface area contributed by atoms with Crippen LogP contribution in [0.15, 0.2) is 29.1 Å². The van der Waals surface area contributed by atoms with E-state index in [0.29, 0.717) is 13.0 Å². The van der Waals surface area contributed by atoms with Gasteiger partial charge in [-0.3, -0.25) is 9.69 Å². The van der Waals surface area contributed by atoms with Crippen LogP contribution in [-0.4, -0.2) is 38.3 Å². The van der Waals surface area contributed by atoms with Gasteiger partial charge in [-0.25, -0.2) is 4.98 Å². The zero-order valence-electron chi connectivity index (χ0n) is 13.3. The Balaban J connectivity index is 1.51. The molecule has 2 aromatic rings. The Morgan fingerprint density at radius 2 is 2.13 bits per heavy atom. The molecule has 0 saturated carbocycles. The van der Waals surface area contributed by atoms with Crippen LogP contribution >= 0.6 is 0 Å². The molecule has 6 heteroatoms. The number of imidazole rings is 1. The van der Waals surface area contributed by atoms with Crippen LogP contribution in [0.3, 0.4) is 0 Å². The molecular formula is C17H22N4O2. The van der Waals surface area contributed by atoms with E-state index in [1.165, 1.54) is 5.69 Å². The van der Waals surface area contributed by atoms with Gasteiger partial charge < -0.3 is 13.9 Å². The summed E-state index contributed by atoms with van der Waals surface area (Å²) in [5, 5.41) is 0. The highest BCUT2D eigenvalue weighted by molar-refractivity contribution is 5.78. The molecule has 23 heavy (non-hydrogen) atoms. The van der Waals surface area contributed by atoms with Crippen molar-refractivity contribution in [3.63, 3.8) is 0 Å². The molecule has 0 N–H and O–H groups in total. The van der Waals surface area contributed by atoms with Crippen molar-refractivity contribution >= 4 is 5.91 Å². The molecule has 0 bridgehead atoms. The molecule has 2 aliphatic heterocycles. The van der Waals surface area contributed by atoms with Crippen LogP contribution in [0.25, 0.3) is 0 Å². The summed E-state index contributed by atoms with van der Waals surface area (Å²) in [7, 11) is 0. The zero-order valence-corrected chi connectivity index (χ0v) is 13.3. The smallest absolute Gasteiger partial charge is 0.222 e. The Labute approximate surface area is 135 Å². The lowest BCUT2D eigenvalue weighted by atomic mass is 10.2. The van der Waals surface area contributed by atoms with Gasteiger partial charge in [0.15, 0.2) is 0 Å². The van der Waals surface area contributed by atoms with Crippen LogP contribution in [0.4, 0.5) is 0 Å². The SMILES string of the molecule is O=C1CCCN1Cc1ncn2c1CN(Cc1ccco1)CCC2. The van der Waals surface area contributed by atoms with E-state index in [1.54, 1.807) is 6.26 Å². The Morgan fingerprint density at radius 1 is 1.17 bits per heavy atom. The van der Waals surface area contributed by atoms with E-state index in [2.05, 4.69) is 14.5 Å². The quantitative estimate of drug-likeness (QED) is 0.866. The average Bonchev–Trinajstić information content (AvgIpc) is 3.23. The van der Waals surface area contributed by atoms with E-state index in [9.17, 15) is 4.79 Å². The average molecular weight is 314 g/mol. The van der Waals surface area contributed by atoms with Gasteiger partial charge in [0.25, 0.3) is 0 Å². The third-order valence-corrected chi connectivity index (χ3v) is 4.75. The van der Waals surface area contributed by atoms with E-state index >= 15 is 0 Å². The molecule has 0 aromatic carbocycles. The normalized spacial score (nSPS) is 19.1. The van der Waals surface area contributed by atoms with Crippen molar-refractivity contribution in [2.75, 3.05) is 13.1 Å². The second-order valence-corrected chi connectivity index (χ2v) is 6.39. The molecule has 1 amide bonds. The Bertz CT molecular complexity index is 677. The fourth-order valence-electron chi connectivity index (χ4n) is 3.52. The van der Waals surface area contributed by atoms with E-state index in [4.69, 9.17) is 4.42 Å². The Hall–Kier alpha value is -2.08. The molecule has 2 aromatic heterocycles. The first kappa shape index (κ1) is 14.5. The summed E-state index contributed by atoms with van der Waals surface area (Å²) in [5.74, 6) is 1.25. The second-order valence-electron chi connectivity index (χ2n) is 6.39. The Kier molecular flexibility index (Phi) is 3.91. The van der Waals surface area contributed by atoms with E-state index in [-0.39, 0.29) is 5.91 Å². The summed E-state index contributed by atoms with van der Waals surface area (Å²) in [6.45, 7) is 5.23. The first-order valence-electron chi connectivity index (χ1n) is 8.35. The molecule has 6 nitrogen and oxygen atoms in total. The molecule has 0 unspecified atom stereocenters. The van der Waals surface area contributed by atoms with Gasteiger partial charge >= 0.3 is 0 Å². The van der Waals surface area contributed by atoms with Gasteiger partial charge in [-0.15, -0.1) is 0 Å². The summed E-state index contributed by atoms with van der Waals surface area (Å²) >= 11 is 0. The van der Waals surface area contributed by atoms with Crippen molar-refractivity contribution in [2.24, 2.45) is 0 Å². The minimum absolute atomic E-state index is 0.257. The summed E-state index contributed by atoms with van der Waals surface area (Å²) in [6.07, 6.45) is 6.41. The van der Waals surface area contributed by atoms with Gasteiger partial charge in [0.05, 0.1) is 37.1 Å². The largest absolute Gasteiger partial charge is 0.468 e. The summed E-state index contributed by atoms with van der Waals surface area (Å²) < 4.78 is 7.73. The van der Waals surface area contributed by atoms with Gasteiger partial charge in [0.2, 0.25) is 5.91 Å². The minimum atomic E-state index is 0.257. The number of aromatic nitrogens is 2. The van der Waals surface area contributed by atoms with Crippen molar-refractivity contribution in [3.8, 4) is 0 Å². The minimum Gasteiger partial charge on any atom is -0.468 e. The highest BCUT2D eigenvalue weighted by Gasteiger charge is 2.25. The van der Waals surface area contributed by atoms with Gasteiger partial charge in [-0.1, -0.05) is 0 Å². The van der Waals surface area contributed by atoms with Crippen LogP contribution < -0.4 is 0 Å². The van der Waals surface area contributed by atoms with Gasteiger partial charge in [0, 0.05) is 32.6 Å². The number of hydrogen-bond donors (Lipinski definition) is 0. The number of likely N-dealkylation sites (tertiary alicyclic amines) is 1. The number of fused-ring (bicyclic) bond motifs is 1. The second kappa shape index (κ2) is 6.20. The predicted octanol–water partition coefficient (Wildman–Crippen LogP) is 2.00. The Morgan fingerprint density at radius 3 is 2.91 bits per heavy atom. The van der Waals surface area contributed by atoms with Gasteiger partial charge in [0.1, 0.15) is 5.76 Å². The molecule has 122 valence electrons. The maximum Gasteiger partial charge on any atom is 0.222 e. The number of rotatable bonds is 4. The molecule has 0 spiro atoms. The van der Waals surface area contributed by atoms with Crippen molar-refractivity contribution in [1.29, 1.82) is 0 Å². The third kappa shape index (κ3) is 3.03. The van der Waals surface area contributed by atoms with Crippen LogP contribution in [0.5, 0.6) is 0 Å². The predicted molar refractivity (Wildman–Crippen MR) is 84.3 cm³/mol. The van der Waals surface area contributed by atoms with Gasteiger partial charge in [-0.2, -0.15) is 0 Å². The number of carbonyl (C=O) groups excluding carboxylic acids is 1. The number of carbonyl (C=O) groups is 1. The maximum atomic E-state index is 11.9. The number of furan rings is 1. The number of nitrogens with zero attached hydrogens (tertiary/aromatic N) is 4. The van der Waals surface area contributed by atoms with Crippen LogP contribution in [0.1, 0.15) is 36.4 Å². The maximum absolute atomic E-state index is 11.9. The first-order chi connectivity index (χ1) is 11.3. The summed E-state index contributed by atoms with van der Waals surface area (Å²) in [4.78, 5) is 20.8. The summed E-state index contributed by atoms with van der Waals surface area (Å²) in [5.41, 5.74) is 2.29. The van der Waals surface area contributed by atoms with E-state index in [0.717, 1.165) is 57.0 Å². The molecule has 2 aliphatic rings. The topological polar surface area (TPSA) is 54.5 Å². The van der Waals surface area contributed by atoms with Crippen LogP contribution in [0.2, 0.25) is 0 Å². The van der Waals surface area contributed by atoms with Crippen LogP contribution in [0, 0.1) is 0 Å². The van der Waals surface area contributed by atoms with E-state index in [1.807, 2.05) is 23.4 Å². The molecular weight excluding hydrogens is 292 g/mol. The van der Waals surface area contributed by atoms with Crippen molar-refractivity contribution in [1.82, 2.24) is 19.4 Å². The zero-order chi connectivity index (χ0) is 15.6. The highest BCUT2D eigenvalue weighted by Crippen LogP contribution is 2.21. The monoisotopic (exact) mass is 314 g/mol. The van der Waals surface area contributed by atoms with Gasteiger partial charge in [-0.05, 0) is 25.0 Å². The lowest BCUT2D eigenvalue weighted by molar-refractivity contribution is -0.128. The molecule has 0 aliphatic carbocycles. The number of hydrogen-bond acceptors (Lipinski definition) is 4. The van der Waals surface area contributed by atoms with Crippen molar-refractivity contribution < 1.29 is 9.21 Å².